The highest BCUT2D eigenvalue weighted by molar-refractivity contribution is 8.21. The van der Waals surface area contributed by atoms with Gasteiger partial charge < -0.3 is 10.8 Å². The summed E-state index contributed by atoms with van der Waals surface area (Å²) in [6.07, 6.45) is -2.16. The van der Waals surface area contributed by atoms with Gasteiger partial charge in [-0.05, 0) is 12.2 Å². The third-order valence-corrected chi connectivity index (χ3v) is 6.91. The largest absolute Gasteiger partial charge is 0.376 e. The molecule has 2 aromatic rings. The fourth-order valence-electron chi connectivity index (χ4n) is 1.71. The summed E-state index contributed by atoms with van der Waals surface area (Å²) < 4.78 is 0. The summed E-state index contributed by atoms with van der Waals surface area (Å²) in [6.45, 7) is 0. The van der Waals surface area contributed by atoms with Crippen LogP contribution in [0.3, 0.4) is 0 Å². The molecular weight excluding hydrogens is 279 g/mol. The normalized spacial score (nSPS) is 10.9. The third kappa shape index (κ3) is 2.78. The molecule has 18 heavy (non-hydrogen) atoms. The molecule has 0 bridgehead atoms. The smallest absolute Gasteiger partial charge is 0.167 e. The monoisotopic (exact) mass is 292 g/mol. The van der Waals surface area contributed by atoms with Crippen molar-refractivity contribution in [2.75, 3.05) is 0 Å². The number of hydrogen-bond acceptors (Lipinski definition) is 2. The summed E-state index contributed by atoms with van der Waals surface area (Å²) in [7, 11) is 0. The first-order valence-electron chi connectivity index (χ1n) is 5.42. The lowest BCUT2D eigenvalue weighted by atomic mass is 10.4. The Labute approximate surface area is 117 Å². The van der Waals surface area contributed by atoms with Crippen LogP contribution in [0.4, 0.5) is 0 Å². The van der Waals surface area contributed by atoms with Crippen molar-refractivity contribution in [3.8, 4) is 0 Å². The second-order valence-electron chi connectivity index (χ2n) is 3.76. The van der Waals surface area contributed by atoms with Crippen LogP contribution in [-0.2, 0) is 11.8 Å². The second-order valence-corrected chi connectivity index (χ2v) is 8.31. The molecule has 0 aliphatic rings. The molecule has 2 rings (SSSR count). The summed E-state index contributed by atoms with van der Waals surface area (Å²) in [5.74, 6) is 0. The van der Waals surface area contributed by atoms with Crippen LogP contribution in [0.25, 0.3) is 0 Å². The highest BCUT2D eigenvalue weighted by Crippen LogP contribution is 2.38. The molecule has 0 heterocycles. The van der Waals surface area contributed by atoms with Crippen LogP contribution >= 0.6 is 18.4 Å². The number of benzene rings is 2. The van der Waals surface area contributed by atoms with Crippen molar-refractivity contribution in [2.24, 2.45) is 5.73 Å². The number of hydrogen-bond donors (Lipinski definition) is 2. The molecule has 2 nitrogen and oxygen atoms in total. The fourth-order valence-corrected chi connectivity index (χ4v) is 5.37. The molecule has 0 unspecified atom stereocenters. The Bertz CT molecular complexity index is 541. The maximum atomic E-state index is 5.84. The lowest BCUT2D eigenvalue weighted by Crippen LogP contribution is -2.34. The van der Waals surface area contributed by atoms with E-state index in [9.17, 15) is 0 Å². The first kappa shape index (κ1) is 13.2. The maximum Gasteiger partial charge on any atom is 0.167 e. The van der Waals surface area contributed by atoms with Gasteiger partial charge in [0, 0.05) is 10.6 Å². The van der Waals surface area contributed by atoms with Gasteiger partial charge in [-0.25, -0.2) is 0 Å². The summed E-state index contributed by atoms with van der Waals surface area (Å²) in [5, 5.41) is 5.47. The van der Waals surface area contributed by atoms with Gasteiger partial charge in [0.1, 0.15) is 0 Å². The zero-order chi connectivity index (χ0) is 13.0. The molecule has 0 atom stereocenters. The first-order chi connectivity index (χ1) is 8.63. The van der Waals surface area contributed by atoms with Crippen molar-refractivity contribution < 1.29 is 0 Å². The molecular formula is C13H13N2PS2. The van der Waals surface area contributed by atoms with E-state index in [0.717, 1.165) is 10.6 Å². The lowest BCUT2D eigenvalue weighted by Gasteiger charge is -2.24. The van der Waals surface area contributed by atoms with E-state index >= 15 is 0 Å². The fraction of sp³-hybridized carbons (Fsp3) is 0. The Morgan fingerprint density at radius 1 is 0.889 bits per heavy atom. The van der Waals surface area contributed by atoms with Crippen LogP contribution in [-0.4, -0.2) is 5.11 Å². The van der Waals surface area contributed by atoms with Crippen LogP contribution in [0.5, 0.6) is 0 Å². The van der Waals surface area contributed by atoms with Crippen LogP contribution in [0, 0.1) is 0 Å². The molecule has 0 aliphatic carbocycles. The third-order valence-electron chi connectivity index (χ3n) is 2.51. The molecule has 0 aliphatic heterocycles. The Balaban J connectivity index is 2.55. The van der Waals surface area contributed by atoms with Crippen LogP contribution < -0.4 is 21.4 Å². The molecule has 2 aromatic carbocycles. The van der Waals surface area contributed by atoms with Gasteiger partial charge in [0.15, 0.2) is 5.11 Å². The van der Waals surface area contributed by atoms with E-state index in [2.05, 4.69) is 5.09 Å². The van der Waals surface area contributed by atoms with E-state index in [4.69, 9.17) is 29.8 Å². The first-order valence-corrected chi connectivity index (χ1v) is 8.63. The average molecular weight is 292 g/mol. The van der Waals surface area contributed by atoms with Crippen molar-refractivity contribution >= 4 is 45.9 Å². The zero-order valence-corrected chi connectivity index (χ0v) is 12.1. The van der Waals surface area contributed by atoms with Crippen molar-refractivity contribution in [3.63, 3.8) is 0 Å². The zero-order valence-electron chi connectivity index (χ0n) is 9.61. The van der Waals surface area contributed by atoms with Gasteiger partial charge in [-0.15, -0.1) is 0 Å². The standard InChI is InChI=1S/C13H13N2PS2/c14-13(17)15-16(18,11-7-3-1-4-8-11)12-9-5-2-6-10-12/h1-10H,(H3,14,15,17,18). The summed E-state index contributed by atoms with van der Waals surface area (Å²) in [4.78, 5) is 0. The maximum absolute atomic E-state index is 5.84. The van der Waals surface area contributed by atoms with Gasteiger partial charge >= 0.3 is 0 Å². The molecule has 0 saturated carbocycles. The van der Waals surface area contributed by atoms with Crippen LogP contribution in [0.1, 0.15) is 0 Å². The van der Waals surface area contributed by atoms with E-state index in [-0.39, 0.29) is 5.11 Å². The second kappa shape index (κ2) is 5.61. The SMILES string of the molecule is NC(=S)NP(=S)(c1ccccc1)c1ccccc1. The van der Waals surface area contributed by atoms with Crippen LogP contribution in [0.2, 0.25) is 0 Å². The minimum absolute atomic E-state index is 0.242. The van der Waals surface area contributed by atoms with Crippen molar-refractivity contribution in [1.82, 2.24) is 5.09 Å². The minimum Gasteiger partial charge on any atom is -0.376 e. The van der Waals surface area contributed by atoms with E-state index in [1.807, 2.05) is 60.7 Å². The highest BCUT2D eigenvalue weighted by atomic mass is 32.4. The lowest BCUT2D eigenvalue weighted by molar-refractivity contribution is 1.47. The van der Waals surface area contributed by atoms with E-state index in [1.54, 1.807) is 0 Å². The van der Waals surface area contributed by atoms with Gasteiger partial charge in [0.05, 0.1) is 6.19 Å². The van der Waals surface area contributed by atoms with Gasteiger partial charge in [-0.2, -0.15) is 0 Å². The minimum atomic E-state index is -2.16. The van der Waals surface area contributed by atoms with Crippen molar-refractivity contribution in [2.45, 2.75) is 0 Å². The van der Waals surface area contributed by atoms with Crippen molar-refractivity contribution in [3.05, 3.63) is 60.7 Å². The topological polar surface area (TPSA) is 38.0 Å². The molecule has 0 fully saturated rings. The predicted octanol–water partition coefficient (Wildman–Crippen LogP) is 1.87. The van der Waals surface area contributed by atoms with Crippen LogP contribution in [0.15, 0.2) is 60.7 Å². The number of nitrogens with two attached hydrogens (primary N) is 1. The summed E-state index contributed by atoms with van der Waals surface area (Å²) in [5.41, 5.74) is 5.63. The Morgan fingerprint density at radius 3 is 1.61 bits per heavy atom. The number of thiocarbonyl (C=S) groups is 1. The average Bonchev–Trinajstić information content (AvgIpc) is 2.40. The van der Waals surface area contributed by atoms with Gasteiger partial charge in [-0.1, -0.05) is 72.5 Å². The molecule has 3 N–H and O–H groups in total. The number of rotatable bonds is 3. The van der Waals surface area contributed by atoms with E-state index in [1.165, 1.54) is 0 Å². The molecule has 0 amide bonds. The number of nitrogens with one attached hydrogen (secondary N) is 1. The molecule has 92 valence electrons. The van der Waals surface area contributed by atoms with Gasteiger partial charge in [0.2, 0.25) is 0 Å². The molecule has 0 radical (unpaired) electrons. The van der Waals surface area contributed by atoms with E-state index in [0.29, 0.717) is 0 Å². The Morgan fingerprint density at radius 2 is 1.28 bits per heavy atom. The van der Waals surface area contributed by atoms with Crippen molar-refractivity contribution in [1.29, 1.82) is 0 Å². The Kier molecular flexibility index (Phi) is 4.12. The predicted molar refractivity (Wildman–Crippen MR) is 86.4 cm³/mol. The highest BCUT2D eigenvalue weighted by Gasteiger charge is 2.21. The quantitative estimate of drug-likeness (QED) is 0.669. The molecule has 0 saturated heterocycles. The Hall–Kier alpha value is -1.22. The van der Waals surface area contributed by atoms with Gasteiger partial charge in [0.25, 0.3) is 0 Å². The van der Waals surface area contributed by atoms with Gasteiger partial charge in [-0.3, -0.25) is 0 Å². The van der Waals surface area contributed by atoms with E-state index < -0.39 is 6.19 Å². The molecule has 0 aromatic heterocycles. The molecule has 0 spiro atoms. The molecule has 5 heteroatoms. The summed E-state index contributed by atoms with van der Waals surface area (Å²) >= 11 is 10.8. The summed E-state index contributed by atoms with van der Waals surface area (Å²) in [6, 6.07) is 19.9.